The van der Waals surface area contributed by atoms with Gasteiger partial charge in [0.2, 0.25) is 0 Å². The van der Waals surface area contributed by atoms with E-state index < -0.39 is 0 Å². The first-order chi connectivity index (χ1) is 9.78. The van der Waals surface area contributed by atoms with Crippen LogP contribution in [0.25, 0.3) is 0 Å². The normalized spacial score (nSPS) is 9.90. The molecular formula is C17H17ClN2. The lowest BCUT2D eigenvalue weighted by Crippen LogP contribution is -1.86. The highest BCUT2D eigenvalue weighted by Gasteiger charge is 1.94. The average molecular weight is 285 g/mol. The van der Waals surface area contributed by atoms with Gasteiger partial charge in [0.25, 0.3) is 0 Å². The molecule has 20 heavy (non-hydrogen) atoms. The van der Waals surface area contributed by atoms with Gasteiger partial charge < -0.3 is 0 Å². The Kier molecular flexibility index (Phi) is 5.58. The van der Waals surface area contributed by atoms with E-state index >= 15 is 0 Å². The molecule has 0 radical (unpaired) electrons. The molecule has 1 heterocycles. The van der Waals surface area contributed by atoms with Crippen LogP contribution < -0.4 is 0 Å². The van der Waals surface area contributed by atoms with Crippen LogP contribution in [-0.4, -0.2) is 9.97 Å². The predicted octanol–water partition coefficient (Wildman–Crippen LogP) is 4.26. The lowest BCUT2D eigenvalue weighted by Gasteiger charge is -2.00. The van der Waals surface area contributed by atoms with Crippen LogP contribution in [0, 0.1) is 11.8 Å². The van der Waals surface area contributed by atoms with Gasteiger partial charge in [-0.05, 0) is 36.5 Å². The van der Waals surface area contributed by atoms with Gasteiger partial charge in [0.05, 0.1) is 12.4 Å². The molecule has 0 spiro atoms. The van der Waals surface area contributed by atoms with E-state index in [4.69, 9.17) is 11.6 Å². The van der Waals surface area contributed by atoms with Gasteiger partial charge in [0, 0.05) is 5.56 Å². The van der Waals surface area contributed by atoms with Crippen LogP contribution in [0.4, 0.5) is 0 Å². The molecule has 2 aromatic rings. The molecule has 0 aliphatic rings. The number of rotatable bonds is 4. The Morgan fingerprint density at radius 1 is 1.00 bits per heavy atom. The molecule has 0 N–H and O–H groups in total. The number of aromatic nitrogens is 2. The van der Waals surface area contributed by atoms with Gasteiger partial charge in [-0.1, -0.05) is 49.4 Å². The van der Waals surface area contributed by atoms with Crippen molar-refractivity contribution in [3.8, 4) is 11.8 Å². The Morgan fingerprint density at radius 3 is 2.45 bits per heavy atom. The summed E-state index contributed by atoms with van der Waals surface area (Å²) in [6, 6.07) is 8.40. The minimum absolute atomic E-state index is 0.381. The van der Waals surface area contributed by atoms with Crippen molar-refractivity contribution in [3.05, 3.63) is 58.6 Å². The van der Waals surface area contributed by atoms with Crippen molar-refractivity contribution < 1.29 is 0 Å². The third-order valence-corrected chi connectivity index (χ3v) is 3.17. The van der Waals surface area contributed by atoms with Crippen LogP contribution in [0.3, 0.4) is 0 Å². The Bertz CT molecular complexity index is 592. The fraction of sp³-hybridized carbons (Fsp3) is 0.294. The summed E-state index contributed by atoms with van der Waals surface area (Å²) in [5, 5.41) is 0.381. The van der Waals surface area contributed by atoms with Crippen LogP contribution in [-0.2, 0) is 6.42 Å². The molecule has 3 heteroatoms. The summed E-state index contributed by atoms with van der Waals surface area (Å²) < 4.78 is 0. The van der Waals surface area contributed by atoms with Crippen molar-refractivity contribution in [2.45, 2.75) is 32.6 Å². The van der Waals surface area contributed by atoms with E-state index in [9.17, 15) is 0 Å². The van der Waals surface area contributed by atoms with Crippen LogP contribution in [0.15, 0.2) is 36.7 Å². The van der Waals surface area contributed by atoms with Crippen LogP contribution in [0.5, 0.6) is 0 Å². The monoisotopic (exact) mass is 284 g/mol. The minimum atomic E-state index is 0.381. The second-order valence-corrected chi connectivity index (χ2v) is 5.02. The molecule has 0 unspecified atom stereocenters. The quantitative estimate of drug-likeness (QED) is 0.619. The molecule has 0 atom stereocenters. The molecule has 0 saturated carbocycles. The lowest BCUT2D eigenvalue weighted by molar-refractivity contribution is 0.717. The maximum atomic E-state index is 5.68. The van der Waals surface area contributed by atoms with E-state index in [-0.39, 0.29) is 0 Å². The first-order valence-corrected chi connectivity index (χ1v) is 7.24. The molecule has 0 amide bonds. The number of unbranched alkanes of at least 4 members (excludes halogenated alkanes) is 2. The molecule has 1 aromatic carbocycles. The molecule has 0 bridgehead atoms. The van der Waals surface area contributed by atoms with E-state index in [1.165, 1.54) is 31.0 Å². The zero-order valence-corrected chi connectivity index (χ0v) is 12.3. The number of benzene rings is 1. The summed E-state index contributed by atoms with van der Waals surface area (Å²) in [4.78, 5) is 8.04. The highest BCUT2D eigenvalue weighted by atomic mass is 35.5. The highest BCUT2D eigenvalue weighted by Crippen LogP contribution is 2.08. The van der Waals surface area contributed by atoms with Gasteiger partial charge in [-0.25, -0.2) is 9.97 Å². The van der Waals surface area contributed by atoms with Gasteiger partial charge >= 0.3 is 0 Å². The van der Waals surface area contributed by atoms with Gasteiger partial charge in [-0.2, -0.15) is 0 Å². The van der Waals surface area contributed by atoms with E-state index in [0.717, 1.165) is 12.0 Å². The van der Waals surface area contributed by atoms with Gasteiger partial charge in [0.1, 0.15) is 10.8 Å². The standard InChI is InChI=1S/C17H17ClN2/c1-2-3-4-5-14-6-8-15(9-7-14)10-11-16-12-20-17(18)13-19-16/h6-9,12-13H,2-5H2,1H3. The average Bonchev–Trinajstić information content (AvgIpc) is 2.48. The molecule has 0 saturated heterocycles. The van der Waals surface area contributed by atoms with E-state index in [1.807, 2.05) is 0 Å². The smallest absolute Gasteiger partial charge is 0.147 e. The van der Waals surface area contributed by atoms with Crippen molar-refractivity contribution in [1.82, 2.24) is 9.97 Å². The number of halogens is 1. The second-order valence-electron chi connectivity index (χ2n) is 4.63. The van der Waals surface area contributed by atoms with Gasteiger partial charge in [-0.3, -0.25) is 0 Å². The van der Waals surface area contributed by atoms with E-state index in [1.54, 1.807) is 6.20 Å². The Balaban J connectivity index is 1.98. The number of hydrogen-bond acceptors (Lipinski definition) is 2. The van der Waals surface area contributed by atoms with Crippen molar-refractivity contribution in [3.63, 3.8) is 0 Å². The SMILES string of the molecule is CCCCCc1ccc(C#Cc2cnc(Cl)cn2)cc1. The van der Waals surface area contributed by atoms with Crippen molar-refractivity contribution >= 4 is 11.6 Å². The molecule has 2 nitrogen and oxygen atoms in total. The first kappa shape index (κ1) is 14.6. The number of nitrogens with zero attached hydrogens (tertiary/aromatic N) is 2. The fourth-order valence-electron chi connectivity index (χ4n) is 1.85. The second kappa shape index (κ2) is 7.67. The Labute approximate surface area is 125 Å². The largest absolute Gasteiger partial charge is 0.243 e. The zero-order chi connectivity index (χ0) is 14.2. The zero-order valence-electron chi connectivity index (χ0n) is 11.6. The van der Waals surface area contributed by atoms with Gasteiger partial charge in [-0.15, -0.1) is 0 Å². The number of aryl methyl sites for hydroxylation is 1. The molecular weight excluding hydrogens is 268 g/mol. The summed E-state index contributed by atoms with van der Waals surface area (Å²) >= 11 is 5.68. The first-order valence-electron chi connectivity index (χ1n) is 6.86. The Hall–Kier alpha value is -1.85. The topological polar surface area (TPSA) is 25.8 Å². The molecule has 2 rings (SSSR count). The summed E-state index contributed by atoms with van der Waals surface area (Å²) in [6.45, 7) is 2.22. The molecule has 0 fully saturated rings. The van der Waals surface area contributed by atoms with Crippen LogP contribution in [0.1, 0.15) is 43.0 Å². The van der Waals surface area contributed by atoms with Crippen molar-refractivity contribution in [1.29, 1.82) is 0 Å². The van der Waals surface area contributed by atoms with Crippen LogP contribution in [0.2, 0.25) is 5.15 Å². The third kappa shape index (κ3) is 4.68. The van der Waals surface area contributed by atoms with E-state index in [0.29, 0.717) is 10.8 Å². The van der Waals surface area contributed by atoms with Crippen molar-refractivity contribution in [2.24, 2.45) is 0 Å². The molecule has 0 aliphatic heterocycles. The summed E-state index contributed by atoms with van der Waals surface area (Å²) in [6.07, 6.45) is 8.02. The van der Waals surface area contributed by atoms with Crippen molar-refractivity contribution in [2.75, 3.05) is 0 Å². The predicted molar refractivity (Wildman–Crippen MR) is 82.7 cm³/mol. The summed E-state index contributed by atoms with van der Waals surface area (Å²) in [7, 11) is 0. The summed E-state index contributed by atoms with van der Waals surface area (Å²) in [5.41, 5.74) is 2.98. The molecule has 1 aromatic heterocycles. The van der Waals surface area contributed by atoms with Gasteiger partial charge in [0.15, 0.2) is 0 Å². The molecule has 0 aliphatic carbocycles. The summed E-state index contributed by atoms with van der Waals surface area (Å²) in [5.74, 6) is 6.06. The third-order valence-electron chi connectivity index (χ3n) is 2.98. The minimum Gasteiger partial charge on any atom is -0.243 e. The highest BCUT2D eigenvalue weighted by molar-refractivity contribution is 6.29. The maximum Gasteiger partial charge on any atom is 0.147 e. The van der Waals surface area contributed by atoms with Crippen LogP contribution >= 0.6 is 11.6 Å². The molecule has 102 valence electrons. The fourth-order valence-corrected chi connectivity index (χ4v) is 1.94. The Morgan fingerprint density at radius 2 is 1.80 bits per heavy atom. The van der Waals surface area contributed by atoms with E-state index in [2.05, 4.69) is 53.0 Å². The number of hydrogen-bond donors (Lipinski definition) is 0. The maximum absolute atomic E-state index is 5.68. The lowest BCUT2D eigenvalue weighted by atomic mass is 10.1.